The van der Waals surface area contributed by atoms with E-state index >= 15 is 0 Å². The lowest BCUT2D eigenvalue weighted by atomic mass is 9.82. The van der Waals surface area contributed by atoms with Gasteiger partial charge in [-0.3, -0.25) is 0 Å². The molecule has 0 radical (unpaired) electrons. The number of nitrogens with zero attached hydrogens (tertiary/aromatic N) is 2. The van der Waals surface area contributed by atoms with Gasteiger partial charge in [0.25, 0.3) is 5.88 Å². The molecule has 1 heterocycles. The van der Waals surface area contributed by atoms with E-state index in [1.807, 2.05) is 12.1 Å². The number of H-pyrrole nitrogens is 1. The van der Waals surface area contributed by atoms with Crippen molar-refractivity contribution >= 4 is 5.97 Å². The first-order valence-corrected chi connectivity index (χ1v) is 7.24. The molecule has 0 amide bonds. The van der Waals surface area contributed by atoms with Crippen LogP contribution in [-0.4, -0.2) is 32.4 Å². The third-order valence-corrected chi connectivity index (χ3v) is 4.01. The minimum atomic E-state index is -2.54. The van der Waals surface area contributed by atoms with E-state index in [1.54, 1.807) is 12.1 Å². The van der Waals surface area contributed by atoms with Gasteiger partial charge in [-0.2, -0.15) is 0 Å². The van der Waals surface area contributed by atoms with Crippen molar-refractivity contribution in [1.82, 2.24) is 15.4 Å². The average molecular weight is 323 g/mol. The summed E-state index contributed by atoms with van der Waals surface area (Å²) in [4.78, 5) is 10.9. The Morgan fingerprint density at radius 1 is 1.26 bits per heavy atom. The van der Waals surface area contributed by atoms with Gasteiger partial charge in [-0.1, -0.05) is 17.3 Å². The Labute approximate surface area is 130 Å². The van der Waals surface area contributed by atoms with Crippen LogP contribution in [0.5, 0.6) is 11.6 Å². The maximum Gasteiger partial charge on any atom is 0.362 e. The monoisotopic (exact) mass is 323 g/mol. The zero-order valence-corrected chi connectivity index (χ0v) is 12.1. The smallest absolute Gasteiger partial charge is 0.362 e. The van der Waals surface area contributed by atoms with Crippen molar-refractivity contribution in [3.8, 4) is 11.6 Å². The Balaban J connectivity index is 1.68. The Kier molecular flexibility index (Phi) is 3.97. The van der Waals surface area contributed by atoms with E-state index in [-0.39, 0.29) is 30.3 Å². The Bertz CT molecular complexity index is 690. The Morgan fingerprint density at radius 3 is 2.52 bits per heavy atom. The summed E-state index contributed by atoms with van der Waals surface area (Å²) in [7, 11) is 0. The van der Waals surface area contributed by atoms with Crippen LogP contribution in [0, 0.1) is 0 Å². The van der Waals surface area contributed by atoms with Gasteiger partial charge in [-0.05, 0) is 36.5 Å². The molecule has 0 unspecified atom stereocenters. The molecule has 0 atom stereocenters. The first-order valence-electron chi connectivity index (χ1n) is 7.24. The van der Waals surface area contributed by atoms with Crippen LogP contribution >= 0.6 is 0 Å². The molecule has 23 heavy (non-hydrogen) atoms. The predicted octanol–water partition coefficient (Wildman–Crippen LogP) is 3.59. The van der Waals surface area contributed by atoms with Crippen LogP contribution in [0.3, 0.4) is 0 Å². The summed E-state index contributed by atoms with van der Waals surface area (Å²) in [6.07, 6.45) is 0.747. The van der Waals surface area contributed by atoms with E-state index in [1.165, 1.54) is 0 Å². The van der Waals surface area contributed by atoms with Crippen molar-refractivity contribution in [2.45, 2.75) is 37.5 Å². The second kappa shape index (κ2) is 5.94. The van der Waals surface area contributed by atoms with Crippen molar-refractivity contribution in [3.63, 3.8) is 0 Å². The fourth-order valence-corrected chi connectivity index (χ4v) is 2.73. The zero-order chi connectivity index (χ0) is 16.4. The predicted molar refractivity (Wildman–Crippen MR) is 76.0 cm³/mol. The largest absolute Gasteiger partial charge is 0.476 e. The van der Waals surface area contributed by atoms with E-state index in [0.717, 1.165) is 5.56 Å². The van der Waals surface area contributed by atoms with Crippen LogP contribution in [-0.2, 0) is 0 Å². The highest BCUT2D eigenvalue weighted by Gasteiger charge is 2.35. The van der Waals surface area contributed by atoms with Gasteiger partial charge < -0.3 is 9.84 Å². The molecule has 1 fully saturated rings. The normalized spacial score (nSPS) is 17.8. The highest BCUT2D eigenvalue weighted by Crippen LogP contribution is 2.41. The van der Waals surface area contributed by atoms with Gasteiger partial charge in [-0.25, -0.2) is 18.7 Å². The van der Waals surface area contributed by atoms with Crippen molar-refractivity contribution in [1.29, 1.82) is 0 Å². The fourth-order valence-electron chi connectivity index (χ4n) is 2.73. The molecule has 0 aliphatic heterocycles. The number of carboxylic acids is 1. The van der Waals surface area contributed by atoms with Crippen molar-refractivity contribution in [2.75, 3.05) is 0 Å². The molecule has 0 saturated heterocycles. The quantitative estimate of drug-likeness (QED) is 0.897. The van der Waals surface area contributed by atoms with Crippen molar-refractivity contribution in [2.24, 2.45) is 0 Å². The highest BCUT2D eigenvalue weighted by molar-refractivity contribution is 5.87. The van der Waals surface area contributed by atoms with Gasteiger partial charge in [0.1, 0.15) is 5.75 Å². The molecule has 3 rings (SSSR count). The molecule has 1 aromatic heterocycles. The molecule has 1 aliphatic carbocycles. The zero-order valence-electron chi connectivity index (χ0n) is 12.1. The standard InChI is InChI=1S/C15H15F2N3O3/c16-15(17)7-5-10(6-8-15)9-1-3-11(4-2-9)23-13-12(14(21)22)18-20-19-13/h1-4,10H,5-8H2,(H,21,22)(H,18,19,20). The number of aromatic nitrogens is 3. The molecule has 1 saturated carbocycles. The molecule has 1 aromatic carbocycles. The number of aromatic amines is 1. The lowest BCUT2D eigenvalue weighted by Crippen LogP contribution is -2.23. The number of benzene rings is 1. The molecule has 8 heteroatoms. The third-order valence-electron chi connectivity index (χ3n) is 4.01. The molecule has 1 aliphatic rings. The molecule has 2 N–H and O–H groups in total. The summed E-state index contributed by atoms with van der Waals surface area (Å²) in [5.41, 5.74) is 0.678. The van der Waals surface area contributed by atoms with Gasteiger partial charge in [-0.15, -0.1) is 5.10 Å². The number of aromatic carboxylic acids is 1. The molecular weight excluding hydrogens is 308 g/mol. The average Bonchev–Trinajstić information content (AvgIpc) is 2.97. The second-order valence-corrected chi connectivity index (χ2v) is 5.60. The van der Waals surface area contributed by atoms with Crippen molar-refractivity contribution in [3.05, 3.63) is 35.5 Å². The van der Waals surface area contributed by atoms with Gasteiger partial charge in [0.2, 0.25) is 11.6 Å². The minimum Gasteiger partial charge on any atom is -0.476 e. The second-order valence-electron chi connectivity index (χ2n) is 5.60. The SMILES string of the molecule is O=C(O)c1nn[nH]c1Oc1ccc(C2CCC(F)(F)CC2)cc1. The maximum absolute atomic E-state index is 13.2. The van der Waals surface area contributed by atoms with Crippen LogP contribution in [0.4, 0.5) is 8.78 Å². The van der Waals surface area contributed by atoms with Crippen LogP contribution in [0.15, 0.2) is 24.3 Å². The van der Waals surface area contributed by atoms with Gasteiger partial charge in [0.05, 0.1) is 0 Å². The third kappa shape index (κ3) is 3.46. The van der Waals surface area contributed by atoms with Crippen molar-refractivity contribution < 1.29 is 23.4 Å². The summed E-state index contributed by atoms with van der Waals surface area (Å²) in [6, 6.07) is 6.98. The summed E-state index contributed by atoms with van der Waals surface area (Å²) in [5.74, 6) is -3.30. The highest BCUT2D eigenvalue weighted by atomic mass is 19.3. The number of carbonyl (C=O) groups is 1. The first-order chi connectivity index (χ1) is 10.9. The maximum atomic E-state index is 13.2. The molecule has 6 nitrogen and oxygen atoms in total. The number of alkyl halides is 2. The summed E-state index contributed by atoms with van der Waals surface area (Å²) < 4.78 is 31.8. The molecule has 2 aromatic rings. The number of rotatable bonds is 4. The van der Waals surface area contributed by atoms with E-state index in [4.69, 9.17) is 9.84 Å². The summed E-state index contributed by atoms with van der Waals surface area (Å²) in [6.45, 7) is 0. The molecule has 0 spiro atoms. The van der Waals surface area contributed by atoms with Crippen LogP contribution in [0.25, 0.3) is 0 Å². The summed E-state index contributed by atoms with van der Waals surface area (Å²) >= 11 is 0. The number of ether oxygens (including phenoxy) is 1. The number of hydrogen-bond donors (Lipinski definition) is 2. The van der Waals surface area contributed by atoms with E-state index < -0.39 is 11.9 Å². The van der Waals surface area contributed by atoms with Crippen LogP contribution in [0.2, 0.25) is 0 Å². The van der Waals surface area contributed by atoms with E-state index in [0.29, 0.717) is 18.6 Å². The van der Waals surface area contributed by atoms with Gasteiger partial charge >= 0.3 is 5.97 Å². The number of nitrogens with one attached hydrogen (secondary N) is 1. The Hall–Kier alpha value is -2.51. The number of carboxylic acid groups (broad SMARTS) is 1. The molecular formula is C15H15F2N3O3. The number of hydrogen-bond acceptors (Lipinski definition) is 4. The first kappa shape index (κ1) is 15.4. The molecule has 0 bridgehead atoms. The summed E-state index contributed by atoms with van der Waals surface area (Å²) in [5, 5.41) is 18.1. The topological polar surface area (TPSA) is 88.1 Å². The van der Waals surface area contributed by atoms with E-state index in [9.17, 15) is 13.6 Å². The van der Waals surface area contributed by atoms with Crippen LogP contribution in [0.1, 0.15) is 47.7 Å². The van der Waals surface area contributed by atoms with Gasteiger partial charge in [0, 0.05) is 12.8 Å². The fraction of sp³-hybridized carbons (Fsp3) is 0.400. The lowest BCUT2D eigenvalue weighted by Gasteiger charge is -2.28. The van der Waals surface area contributed by atoms with Crippen LogP contribution < -0.4 is 4.74 Å². The minimum absolute atomic E-state index is 0.0532. The molecule has 122 valence electrons. The number of halogens is 2. The Morgan fingerprint density at radius 2 is 1.91 bits per heavy atom. The lowest BCUT2D eigenvalue weighted by molar-refractivity contribution is -0.0382. The van der Waals surface area contributed by atoms with Gasteiger partial charge in [0.15, 0.2) is 0 Å². The van der Waals surface area contributed by atoms with E-state index in [2.05, 4.69) is 15.4 Å².